The van der Waals surface area contributed by atoms with Crippen LogP contribution in [0.1, 0.15) is 35.3 Å². The minimum absolute atomic E-state index is 0.250. The quantitative estimate of drug-likeness (QED) is 0.785. The Balaban J connectivity index is 1.86. The second-order valence-corrected chi connectivity index (χ2v) is 8.95. The molecule has 6 nitrogen and oxygen atoms in total. The smallest absolute Gasteiger partial charge is 0.272 e. The van der Waals surface area contributed by atoms with Gasteiger partial charge in [0, 0.05) is 29.4 Å². The van der Waals surface area contributed by atoms with E-state index in [1.807, 2.05) is 0 Å². The molecule has 0 bridgehead atoms. The fourth-order valence-corrected chi connectivity index (χ4v) is 5.01. The molecular weight excluding hydrogens is 406 g/mol. The molecule has 1 aliphatic heterocycles. The van der Waals surface area contributed by atoms with Crippen LogP contribution >= 0.6 is 15.9 Å². The number of aromatic nitrogens is 1. The maximum atomic E-state index is 12.9. The standard InChI is InChI=1S/C17H20BrN3O3S/c1-12-5-6-14(20-17(22)15-9-13(18)11-19-15)10-16(12)25(23,24)21-7-3-2-4-8-21/h5-6,9-11,19H,2-4,7-8H2,1H3,(H,20,22). The number of anilines is 1. The number of nitrogens with zero attached hydrogens (tertiary/aromatic N) is 1. The van der Waals surface area contributed by atoms with E-state index in [0.29, 0.717) is 30.0 Å². The molecule has 1 amide bonds. The van der Waals surface area contributed by atoms with Crippen molar-refractivity contribution in [1.29, 1.82) is 0 Å². The highest BCUT2D eigenvalue weighted by molar-refractivity contribution is 9.10. The first kappa shape index (κ1) is 18.2. The fraction of sp³-hybridized carbons (Fsp3) is 0.353. The van der Waals surface area contributed by atoms with Crippen molar-refractivity contribution in [3.05, 3.63) is 46.2 Å². The van der Waals surface area contributed by atoms with Gasteiger partial charge < -0.3 is 10.3 Å². The number of nitrogens with one attached hydrogen (secondary N) is 2. The largest absolute Gasteiger partial charge is 0.356 e. The van der Waals surface area contributed by atoms with Gasteiger partial charge in [0.05, 0.1) is 4.90 Å². The summed E-state index contributed by atoms with van der Waals surface area (Å²) in [5.74, 6) is -0.323. The Morgan fingerprint density at radius 1 is 1.20 bits per heavy atom. The van der Waals surface area contributed by atoms with Gasteiger partial charge >= 0.3 is 0 Å². The molecule has 134 valence electrons. The average molecular weight is 426 g/mol. The molecule has 1 saturated heterocycles. The summed E-state index contributed by atoms with van der Waals surface area (Å²) in [7, 11) is -3.54. The van der Waals surface area contributed by atoms with Gasteiger partial charge in [0.2, 0.25) is 10.0 Å². The van der Waals surface area contributed by atoms with E-state index in [9.17, 15) is 13.2 Å². The highest BCUT2D eigenvalue weighted by atomic mass is 79.9. The van der Waals surface area contributed by atoms with Gasteiger partial charge in [-0.05, 0) is 59.5 Å². The molecule has 0 unspecified atom stereocenters. The van der Waals surface area contributed by atoms with Gasteiger partial charge in [-0.15, -0.1) is 0 Å². The molecule has 1 aliphatic rings. The molecule has 0 radical (unpaired) electrons. The Morgan fingerprint density at radius 2 is 1.92 bits per heavy atom. The highest BCUT2D eigenvalue weighted by Gasteiger charge is 2.27. The molecule has 8 heteroatoms. The summed E-state index contributed by atoms with van der Waals surface area (Å²) in [6.45, 7) is 2.87. The van der Waals surface area contributed by atoms with Gasteiger partial charge in [-0.25, -0.2) is 8.42 Å². The van der Waals surface area contributed by atoms with Crippen LogP contribution in [0.25, 0.3) is 0 Å². The van der Waals surface area contributed by atoms with Gasteiger partial charge in [-0.1, -0.05) is 12.5 Å². The number of halogens is 1. The summed E-state index contributed by atoms with van der Waals surface area (Å²) in [5.41, 5.74) is 1.52. The van der Waals surface area contributed by atoms with Crippen LogP contribution in [0.2, 0.25) is 0 Å². The average Bonchev–Trinajstić information content (AvgIpc) is 3.04. The van der Waals surface area contributed by atoms with E-state index in [1.54, 1.807) is 31.3 Å². The van der Waals surface area contributed by atoms with Crippen LogP contribution in [-0.4, -0.2) is 36.7 Å². The highest BCUT2D eigenvalue weighted by Crippen LogP contribution is 2.26. The monoisotopic (exact) mass is 425 g/mol. The van der Waals surface area contributed by atoms with Crippen molar-refractivity contribution in [1.82, 2.24) is 9.29 Å². The first-order chi connectivity index (χ1) is 11.9. The van der Waals surface area contributed by atoms with Crippen LogP contribution in [0.15, 0.2) is 39.8 Å². The van der Waals surface area contributed by atoms with Crippen molar-refractivity contribution in [2.75, 3.05) is 18.4 Å². The lowest BCUT2D eigenvalue weighted by atomic mass is 10.2. The lowest BCUT2D eigenvalue weighted by Crippen LogP contribution is -2.36. The Hall–Kier alpha value is -1.64. The maximum Gasteiger partial charge on any atom is 0.272 e. The first-order valence-corrected chi connectivity index (χ1v) is 10.4. The van der Waals surface area contributed by atoms with Gasteiger partial charge in [-0.3, -0.25) is 4.79 Å². The summed E-state index contributed by atoms with van der Waals surface area (Å²) in [6.07, 6.45) is 4.50. The Morgan fingerprint density at radius 3 is 2.56 bits per heavy atom. The summed E-state index contributed by atoms with van der Waals surface area (Å²) in [5, 5.41) is 2.74. The molecule has 0 atom stereocenters. The predicted molar refractivity (Wildman–Crippen MR) is 100 cm³/mol. The van der Waals surface area contributed by atoms with Crippen molar-refractivity contribution < 1.29 is 13.2 Å². The molecular formula is C17H20BrN3O3S. The third kappa shape index (κ3) is 3.96. The summed E-state index contributed by atoms with van der Waals surface area (Å²) >= 11 is 3.28. The lowest BCUT2D eigenvalue weighted by molar-refractivity contribution is 0.102. The number of amides is 1. The zero-order chi connectivity index (χ0) is 18.0. The topological polar surface area (TPSA) is 82.3 Å². The van der Waals surface area contributed by atoms with Crippen LogP contribution < -0.4 is 5.32 Å². The number of benzene rings is 1. The van der Waals surface area contributed by atoms with E-state index in [0.717, 1.165) is 23.7 Å². The van der Waals surface area contributed by atoms with Crippen LogP contribution in [0.5, 0.6) is 0 Å². The predicted octanol–water partition coefficient (Wildman–Crippen LogP) is 3.51. The molecule has 3 rings (SSSR count). The number of hydrogen-bond acceptors (Lipinski definition) is 3. The number of carbonyl (C=O) groups is 1. The third-order valence-electron chi connectivity index (χ3n) is 4.27. The van der Waals surface area contributed by atoms with E-state index >= 15 is 0 Å². The number of H-pyrrole nitrogens is 1. The minimum atomic E-state index is -3.54. The van der Waals surface area contributed by atoms with Gasteiger partial charge in [-0.2, -0.15) is 4.31 Å². The van der Waals surface area contributed by atoms with E-state index in [1.165, 1.54) is 10.4 Å². The van der Waals surface area contributed by atoms with E-state index in [-0.39, 0.29) is 10.8 Å². The number of sulfonamides is 1. The third-order valence-corrected chi connectivity index (χ3v) is 6.77. The summed E-state index contributed by atoms with van der Waals surface area (Å²) in [4.78, 5) is 15.3. The zero-order valence-corrected chi connectivity index (χ0v) is 16.3. The summed E-state index contributed by atoms with van der Waals surface area (Å²) in [6, 6.07) is 6.63. The Kier molecular flexibility index (Phi) is 5.31. The van der Waals surface area contributed by atoms with E-state index < -0.39 is 10.0 Å². The van der Waals surface area contributed by atoms with Gasteiger partial charge in [0.15, 0.2) is 0 Å². The molecule has 1 aromatic heterocycles. The van der Waals surface area contributed by atoms with Crippen molar-refractivity contribution in [2.45, 2.75) is 31.1 Å². The van der Waals surface area contributed by atoms with Gasteiger partial charge in [0.1, 0.15) is 5.69 Å². The van der Waals surface area contributed by atoms with Crippen molar-refractivity contribution in [3.63, 3.8) is 0 Å². The number of aromatic amines is 1. The number of hydrogen-bond donors (Lipinski definition) is 2. The van der Waals surface area contributed by atoms with Crippen molar-refractivity contribution >= 4 is 37.5 Å². The molecule has 2 aromatic rings. The second-order valence-electron chi connectivity index (χ2n) is 6.13. The SMILES string of the molecule is Cc1ccc(NC(=O)c2cc(Br)c[nH]2)cc1S(=O)(=O)N1CCCCC1. The lowest BCUT2D eigenvalue weighted by Gasteiger charge is -2.26. The van der Waals surface area contributed by atoms with Crippen LogP contribution in [-0.2, 0) is 10.0 Å². The fourth-order valence-electron chi connectivity index (χ4n) is 2.90. The van der Waals surface area contributed by atoms with Gasteiger partial charge in [0.25, 0.3) is 5.91 Å². The number of aryl methyl sites for hydroxylation is 1. The summed E-state index contributed by atoms with van der Waals surface area (Å²) < 4.78 is 28.1. The molecule has 25 heavy (non-hydrogen) atoms. The second kappa shape index (κ2) is 7.31. The van der Waals surface area contributed by atoms with Crippen molar-refractivity contribution in [3.8, 4) is 0 Å². The Bertz CT molecular complexity index is 886. The number of carbonyl (C=O) groups excluding carboxylic acids is 1. The van der Waals surface area contributed by atoms with Crippen molar-refractivity contribution in [2.24, 2.45) is 0 Å². The molecule has 0 saturated carbocycles. The molecule has 1 fully saturated rings. The number of piperidine rings is 1. The minimum Gasteiger partial charge on any atom is -0.356 e. The molecule has 2 N–H and O–H groups in total. The van der Waals surface area contributed by atoms with Crippen LogP contribution in [0, 0.1) is 6.92 Å². The van der Waals surface area contributed by atoms with E-state index in [2.05, 4.69) is 26.2 Å². The maximum absolute atomic E-state index is 12.9. The molecule has 2 heterocycles. The molecule has 1 aromatic carbocycles. The van der Waals surface area contributed by atoms with Crippen LogP contribution in [0.4, 0.5) is 5.69 Å². The number of rotatable bonds is 4. The van der Waals surface area contributed by atoms with E-state index in [4.69, 9.17) is 0 Å². The molecule has 0 aliphatic carbocycles. The zero-order valence-electron chi connectivity index (χ0n) is 13.9. The molecule has 0 spiro atoms. The normalized spacial score (nSPS) is 15.9. The first-order valence-electron chi connectivity index (χ1n) is 8.14. The van der Waals surface area contributed by atoms with Crippen LogP contribution in [0.3, 0.4) is 0 Å². The Labute approximate surface area is 155 Å².